The number of Topliss-reactive ketones (excluding diaryl/α,β-unsaturated/α-hetero) is 1. The van der Waals surface area contributed by atoms with Gasteiger partial charge in [-0.05, 0) is 50.6 Å². The van der Waals surface area contributed by atoms with Crippen molar-refractivity contribution in [3.63, 3.8) is 0 Å². The van der Waals surface area contributed by atoms with E-state index in [0.29, 0.717) is 24.8 Å². The van der Waals surface area contributed by atoms with E-state index in [1.165, 1.54) is 11.1 Å². The van der Waals surface area contributed by atoms with Crippen LogP contribution in [0.25, 0.3) is 0 Å². The number of likely N-dealkylation sites (N-methyl/N-ethyl adjacent to an activating group) is 1. The van der Waals surface area contributed by atoms with Crippen LogP contribution < -0.4 is 9.47 Å². The summed E-state index contributed by atoms with van der Waals surface area (Å²) in [5, 5.41) is 0. The van der Waals surface area contributed by atoms with Gasteiger partial charge in [0, 0.05) is 29.4 Å². The average Bonchev–Trinajstić information content (AvgIpc) is 2.70. The molecule has 0 N–H and O–H groups in total. The van der Waals surface area contributed by atoms with E-state index in [0.717, 1.165) is 43.7 Å². The summed E-state index contributed by atoms with van der Waals surface area (Å²) in [5.41, 5.74) is 2.26. The molecule has 5 heteroatoms. The van der Waals surface area contributed by atoms with Gasteiger partial charge in [-0.15, -0.1) is 0 Å². The number of benzene rings is 1. The first-order valence-electron chi connectivity index (χ1n) is 10.4. The van der Waals surface area contributed by atoms with Gasteiger partial charge in [0.1, 0.15) is 0 Å². The molecule has 1 fully saturated rings. The zero-order valence-corrected chi connectivity index (χ0v) is 17.4. The van der Waals surface area contributed by atoms with Gasteiger partial charge >= 0.3 is 0 Å². The minimum Gasteiger partial charge on any atom is -0.493 e. The first-order valence-corrected chi connectivity index (χ1v) is 10.4. The lowest BCUT2D eigenvalue weighted by molar-refractivity contribution is -0.122. The molecule has 1 aromatic carbocycles. The highest BCUT2D eigenvalue weighted by atomic mass is 16.5. The van der Waals surface area contributed by atoms with E-state index < -0.39 is 0 Å². The Balaban J connectivity index is 1.90. The predicted molar refractivity (Wildman–Crippen MR) is 108 cm³/mol. The Kier molecular flexibility index (Phi) is 5.13. The number of allylic oxidation sites excluding steroid dienone is 1. The molecule has 5 nitrogen and oxygen atoms in total. The second-order valence-electron chi connectivity index (χ2n) is 8.35. The summed E-state index contributed by atoms with van der Waals surface area (Å²) < 4.78 is 17.4. The fourth-order valence-corrected chi connectivity index (χ4v) is 5.47. The van der Waals surface area contributed by atoms with Gasteiger partial charge in [0.2, 0.25) is 0 Å². The average molecular weight is 386 g/mol. The molecule has 1 saturated heterocycles. The number of rotatable bonds is 6. The molecule has 3 atom stereocenters. The van der Waals surface area contributed by atoms with Crippen molar-refractivity contribution in [1.29, 1.82) is 0 Å². The second kappa shape index (κ2) is 7.43. The first kappa shape index (κ1) is 19.3. The Morgan fingerprint density at radius 1 is 1.25 bits per heavy atom. The molecule has 152 valence electrons. The number of unbranched alkanes of at least 4 members (excludes halogenated alkanes) is 1. The fourth-order valence-electron chi connectivity index (χ4n) is 5.47. The molecule has 0 radical (unpaired) electrons. The largest absolute Gasteiger partial charge is 0.493 e. The van der Waals surface area contributed by atoms with Crippen LogP contribution in [0.3, 0.4) is 0 Å². The number of likely N-dealkylation sites (tertiary alicyclic amines) is 1. The van der Waals surface area contributed by atoms with Crippen LogP contribution in [0, 0.1) is 5.92 Å². The number of methoxy groups -OCH3 is 2. The van der Waals surface area contributed by atoms with Crippen LogP contribution >= 0.6 is 0 Å². The van der Waals surface area contributed by atoms with Crippen LogP contribution in [0.1, 0.15) is 43.7 Å². The van der Waals surface area contributed by atoms with Crippen molar-refractivity contribution < 1.29 is 19.0 Å². The summed E-state index contributed by atoms with van der Waals surface area (Å²) in [6.45, 7) is 3.81. The molecule has 2 bridgehead atoms. The van der Waals surface area contributed by atoms with Crippen LogP contribution in [0.4, 0.5) is 0 Å². The number of carbonyl (C=O) groups excluding carboxylic acids is 1. The van der Waals surface area contributed by atoms with E-state index in [-0.39, 0.29) is 17.1 Å². The van der Waals surface area contributed by atoms with Crippen molar-refractivity contribution in [2.24, 2.45) is 5.92 Å². The second-order valence-corrected chi connectivity index (χ2v) is 8.35. The maximum absolute atomic E-state index is 12.9. The SMILES string of the molecule is CCCCOc1c(OC)ccc2c1[C@@]13CCN(C)[C@@H](C2)[C@H]1C=C(OC)C(=O)C3. The minimum absolute atomic E-state index is 0.0947. The third kappa shape index (κ3) is 2.83. The van der Waals surface area contributed by atoms with Crippen LogP contribution in [0.2, 0.25) is 0 Å². The van der Waals surface area contributed by atoms with Crippen molar-refractivity contribution in [1.82, 2.24) is 4.90 Å². The molecule has 0 amide bonds. The molecule has 4 rings (SSSR count). The molecular weight excluding hydrogens is 354 g/mol. The van der Waals surface area contributed by atoms with E-state index in [9.17, 15) is 4.79 Å². The van der Waals surface area contributed by atoms with E-state index in [1.807, 2.05) is 6.07 Å². The predicted octanol–water partition coefficient (Wildman–Crippen LogP) is 3.49. The van der Waals surface area contributed by atoms with Crippen LogP contribution in [-0.2, 0) is 21.4 Å². The summed E-state index contributed by atoms with van der Waals surface area (Å²) in [7, 11) is 5.48. The Morgan fingerprint density at radius 3 is 2.79 bits per heavy atom. The lowest BCUT2D eigenvalue weighted by Gasteiger charge is -2.56. The highest BCUT2D eigenvalue weighted by molar-refractivity contribution is 5.96. The van der Waals surface area contributed by atoms with E-state index >= 15 is 0 Å². The zero-order chi connectivity index (χ0) is 19.9. The van der Waals surface area contributed by atoms with Crippen molar-refractivity contribution in [2.45, 2.75) is 50.5 Å². The molecule has 28 heavy (non-hydrogen) atoms. The molecule has 3 aliphatic rings. The van der Waals surface area contributed by atoms with Gasteiger partial charge in [-0.25, -0.2) is 0 Å². The highest BCUT2D eigenvalue weighted by Gasteiger charge is 2.56. The smallest absolute Gasteiger partial charge is 0.197 e. The molecule has 0 aromatic heterocycles. The maximum Gasteiger partial charge on any atom is 0.197 e. The van der Waals surface area contributed by atoms with E-state index in [4.69, 9.17) is 14.2 Å². The molecule has 2 aliphatic carbocycles. The summed E-state index contributed by atoms with van der Waals surface area (Å²) in [5.74, 6) is 2.47. The Labute approximate surface area is 167 Å². The van der Waals surface area contributed by atoms with Crippen LogP contribution in [0.15, 0.2) is 24.0 Å². The maximum atomic E-state index is 12.9. The Hall–Kier alpha value is -2.01. The lowest BCUT2D eigenvalue weighted by Crippen LogP contribution is -2.60. The standard InChI is InChI=1S/C23H31NO4/c1-5-6-11-28-22-19(26-3)8-7-15-12-17-16-13-20(27-4)18(25)14-23(16,21(15)22)9-10-24(17)2/h7-8,13,16-17H,5-6,9-12,14H2,1-4H3/t16-,17+,23-/m1/s1. The first-order chi connectivity index (χ1) is 13.6. The van der Waals surface area contributed by atoms with Crippen LogP contribution in [-0.4, -0.2) is 51.1 Å². The van der Waals surface area contributed by atoms with Gasteiger partial charge in [0.15, 0.2) is 23.0 Å². The minimum atomic E-state index is -0.236. The third-order valence-corrected chi connectivity index (χ3v) is 6.93. The van der Waals surface area contributed by atoms with Crippen molar-refractivity contribution in [2.75, 3.05) is 34.4 Å². The number of hydrogen-bond acceptors (Lipinski definition) is 5. The van der Waals surface area contributed by atoms with Gasteiger partial charge < -0.3 is 19.1 Å². The molecule has 1 heterocycles. The molecular formula is C23H31NO4. The monoisotopic (exact) mass is 385 g/mol. The number of ether oxygens (including phenoxy) is 3. The highest BCUT2D eigenvalue weighted by Crippen LogP contribution is 2.57. The number of carbonyl (C=O) groups is 1. The summed E-state index contributed by atoms with van der Waals surface area (Å²) in [4.78, 5) is 15.4. The summed E-state index contributed by atoms with van der Waals surface area (Å²) in [6.07, 6.45) is 6.54. The fraction of sp³-hybridized carbons (Fsp3) is 0.609. The molecule has 1 aromatic rings. The number of piperidine rings is 1. The van der Waals surface area contributed by atoms with Crippen molar-refractivity contribution in [3.05, 3.63) is 35.1 Å². The van der Waals surface area contributed by atoms with E-state index in [1.54, 1.807) is 14.2 Å². The number of ketones is 1. The quantitative estimate of drug-likeness (QED) is 0.702. The van der Waals surface area contributed by atoms with Gasteiger partial charge in [-0.3, -0.25) is 4.79 Å². The molecule has 0 saturated carbocycles. The number of hydrogen-bond donors (Lipinski definition) is 0. The van der Waals surface area contributed by atoms with Gasteiger partial charge in [0.25, 0.3) is 0 Å². The Bertz CT molecular complexity index is 802. The van der Waals surface area contributed by atoms with E-state index in [2.05, 4.69) is 31.0 Å². The van der Waals surface area contributed by atoms with Gasteiger partial charge in [0.05, 0.1) is 20.8 Å². The summed E-state index contributed by atoms with van der Waals surface area (Å²) >= 11 is 0. The van der Waals surface area contributed by atoms with Gasteiger partial charge in [-0.2, -0.15) is 0 Å². The normalized spacial score (nSPS) is 28.9. The lowest BCUT2D eigenvalue weighted by atomic mass is 9.53. The number of nitrogens with zero attached hydrogens (tertiary/aromatic N) is 1. The van der Waals surface area contributed by atoms with Crippen molar-refractivity contribution in [3.8, 4) is 11.5 Å². The van der Waals surface area contributed by atoms with Gasteiger partial charge in [-0.1, -0.05) is 19.4 Å². The third-order valence-electron chi connectivity index (χ3n) is 6.93. The van der Waals surface area contributed by atoms with Crippen molar-refractivity contribution >= 4 is 5.78 Å². The molecule has 0 spiro atoms. The Morgan fingerprint density at radius 2 is 2.07 bits per heavy atom. The number of fused-ring (bicyclic) bond motifs is 1. The zero-order valence-electron chi connectivity index (χ0n) is 17.4. The van der Waals surface area contributed by atoms with Crippen LogP contribution in [0.5, 0.6) is 11.5 Å². The topological polar surface area (TPSA) is 48.0 Å². The molecule has 0 unspecified atom stereocenters. The molecule has 1 aliphatic heterocycles. The summed E-state index contributed by atoms with van der Waals surface area (Å²) in [6, 6.07) is 4.56.